The van der Waals surface area contributed by atoms with Crippen molar-refractivity contribution < 1.29 is 78.6 Å². The zero-order chi connectivity index (χ0) is 58.8. The fraction of sp³-hybridized carbons (Fsp3) is 0.640. The van der Waals surface area contributed by atoms with Crippen molar-refractivity contribution in [2.45, 2.75) is 89.9 Å². The zero-order valence-electron chi connectivity index (χ0n) is 44.8. The van der Waals surface area contributed by atoms with Crippen molar-refractivity contribution in [1.82, 2.24) is 40.4 Å². The molecule has 440 valence electrons. The number of rotatable bonds is 31. The van der Waals surface area contributed by atoms with Crippen molar-refractivity contribution in [2.24, 2.45) is 34.2 Å². The lowest BCUT2D eigenvalue weighted by Gasteiger charge is -2.33. The molecule has 14 N–H and O–H groups in total. The molecule has 2 fully saturated rings. The molecular weight excluding hydrogens is 1060 g/mol. The summed E-state index contributed by atoms with van der Waals surface area (Å²) in [4.78, 5) is 138. The van der Waals surface area contributed by atoms with Gasteiger partial charge in [-0.05, 0) is 67.9 Å². The van der Waals surface area contributed by atoms with Gasteiger partial charge in [0.05, 0.1) is 57.1 Å². The van der Waals surface area contributed by atoms with Gasteiger partial charge in [0, 0.05) is 90.5 Å². The number of benzene rings is 1. The summed E-state index contributed by atoms with van der Waals surface area (Å²) in [5.74, 6) is -13.0. The van der Waals surface area contributed by atoms with Gasteiger partial charge in [0.2, 0.25) is 17.7 Å². The van der Waals surface area contributed by atoms with Crippen LogP contribution in [-0.2, 0) is 54.5 Å². The summed E-state index contributed by atoms with van der Waals surface area (Å²) in [6.07, 6.45) is -0.908. The third kappa shape index (κ3) is 25.6. The summed E-state index contributed by atoms with van der Waals surface area (Å²) in [5, 5.41) is 68.7. The number of aliphatic hydroxyl groups is 1. The molecule has 2 aliphatic heterocycles. The molecular formula is C50H78N12O16S. The van der Waals surface area contributed by atoms with E-state index in [1.54, 1.807) is 45.6 Å². The molecule has 2 heterocycles. The second kappa shape index (κ2) is 34.2. The minimum Gasteiger partial charge on any atom is -0.481 e. The molecule has 79 heavy (non-hydrogen) atoms. The maximum Gasteiger partial charge on any atom is 0.326 e. The Labute approximate surface area is 463 Å². The van der Waals surface area contributed by atoms with Crippen LogP contribution in [-0.4, -0.2) is 242 Å². The Morgan fingerprint density at radius 2 is 1.20 bits per heavy atom. The summed E-state index contributed by atoms with van der Waals surface area (Å²) in [7, 11) is 0. The number of nitrogens with zero attached hydrogens (tertiary/aromatic N) is 6. The summed E-state index contributed by atoms with van der Waals surface area (Å²) >= 11 is 5.72. The number of anilines is 1. The van der Waals surface area contributed by atoms with E-state index in [9.17, 15) is 78.6 Å². The highest BCUT2D eigenvalue weighted by molar-refractivity contribution is 7.80. The Balaban J connectivity index is 1.61. The van der Waals surface area contributed by atoms with Crippen molar-refractivity contribution in [3.63, 3.8) is 0 Å². The number of carboxylic acid groups (broad SMARTS) is 5. The van der Waals surface area contributed by atoms with Crippen LogP contribution in [0.2, 0.25) is 0 Å². The number of carbonyl (C=O) groups excluding carboxylic acids is 5. The molecule has 0 unspecified atom stereocenters. The molecule has 3 amide bonds. The molecule has 28 nitrogen and oxygen atoms in total. The van der Waals surface area contributed by atoms with Crippen LogP contribution in [0.3, 0.4) is 0 Å². The van der Waals surface area contributed by atoms with Crippen LogP contribution in [0.25, 0.3) is 0 Å². The van der Waals surface area contributed by atoms with Gasteiger partial charge in [0.15, 0.2) is 22.6 Å². The molecule has 2 saturated heterocycles. The number of aliphatic carboxylic acids is 5. The average molecular weight is 1140 g/mol. The molecule has 0 spiro atoms. The van der Waals surface area contributed by atoms with Crippen LogP contribution in [0.15, 0.2) is 29.3 Å². The Morgan fingerprint density at radius 1 is 0.684 bits per heavy atom. The minimum atomic E-state index is -1.47. The topological polar surface area (TPSA) is 421 Å². The van der Waals surface area contributed by atoms with Crippen molar-refractivity contribution >= 4 is 88.1 Å². The number of thiocarbonyl (C=S) groups is 1. The first kappa shape index (κ1) is 66.4. The first-order chi connectivity index (χ1) is 37.3. The highest BCUT2D eigenvalue weighted by Crippen LogP contribution is 2.21. The van der Waals surface area contributed by atoms with E-state index in [1.807, 2.05) is 12.1 Å². The maximum atomic E-state index is 13.6. The number of carbonyl (C=O) groups is 10. The summed E-state index contributed by atoms with van der Waals surface area (Å²) < 4.78 is 0. The van der Waals surface area contributed by atoms with Crippen LogP contribution in [0.4, 0.5) is 5.69 Å². The quantitative estimate of drug-likeness (QED) is 0.0161. The van der Waals surface area contributed by atoms with E-state index < -0.39 is 122 Å². The van der Waals surface area contributed by atoms with Crippen LogP contribution in [0.1, 0.15) is 70.8 Å². The molecule has 3 rings (SSSR count). The third-order valence-electron chi connectivity index (χ3n) is 13.2. The predicted molar refractivity (Wildman–Crippen MR) is 289 cm³/mol. The molecule has 1 aromatic carbocycles. The molecule has 0 saturated carbocycles. The molecule has 29 heteroatoms. The number of nitrogens with one attached hydrogen (secondary N) is 4. The predicted octanol–water partition coefficient (Wildman–Crippen LogP) is -2.29. The highest BCUT2D eigenvalue weighted by Gasteiger charge is 2.35. The lowest BCUT2D eigenvalue weighted by Crippen LogP contribution is -2.49. The van der Waals surface area contributed by atoms with Gasteiger partial charge in [0.25, 0.3) is 0 Å². The number of amides is 3. The molecule has 0 radical (unpaired) electrons. The van der Waals surface area contributed by atoms with Crippen LogP contribution in [0, 0.1) is 17.8 Å². The molecule has 2 aliphatic rings. The molecule has 0 aromatic heterocycles. The van der Waals surface area contributed by atoms with E-state index >= 15 is 0 Å². The molecule has 5 atom stereocenters. The average Bonchev–Trinajstić information content (AvgIpc) is 3.88. The van der Waals surface area contributed by atoms with Crippen molar-refractivity contribution in [3.8, 4) is 0 Å². The monoisotopic (exact) mass is 1130 g/mol. The van der Waals surface area contributed by atoms with Gasteiger partial charge in [-0.1, -0.05) is 26.0 Å². The van der Waals surface area contributed by atoms with E-state index in [-0.39, 0.29) is 75.5 Å². The second-order valence-corrected chi connectivity index (χ2v) is 20.5. The normalized spacial score (nSPS) is 17.6. The van der Waals surface area contributed by atoms with Gasteiger partial charge in [-0.15, -0.1) is 0 Å². The van der Waals surface area contributed by atoms with Gasteiger partial charge in [-0.2, -0.15) is 0 Å². The van der Waals surface area contributed by atoms with Crippen molar-refractivity contribution in [1.29, 1.82) is 0 Å². The summed E-state index contributed by atoms with van der Waals surface area (Å²) in [6, 6.07) is 3.88. The van der Waals surface area contributed by atoms with E-state index in [0.29, 0.717) is 70.9 Å². The number of aliphatic hydroxyl groups excluding tert-OH is 1. The number of guanidine groups is 1. The Kier molecular flexibility index (Phi) is 28.7. The van der Waals surface area contributed by atoms with Gasteiger partial charge in [-0.3, -0.25) is 67.7 Å². The Bertz CT molecular complexity index is 2270. The van der Waals surface area contributed by atoms with Crippen molar-refractivity contribution in [2.75, 3.05) is 104 Å². The number of ketones is 2. The van der Waals surface area contributed by atoms with Gasteiger partial charge in [0.1, 0.15) is 12.1 Å². The fourth-order valence-corrected chi connectivity index (χ4v) is 9.38. The van der Waals surface area contributed by atoms with Gasteiger partial charge < -0.3 is 68.3 Å². The van der Waals surface area contributed by atoms with Crippen LogP contribution >= 0.6 is 12.2 Å². The number of hydrogen-bond acceptors (Lipinski definition) is 17. The number of hydrogen-bond donors (Lipinski definition) is 12. The van der Waals surface area contributed by atoms with E-state index in [1.165, 1.54) is 0 Å². The lowest BCUT2D eigenvalue weighted by molar-refractivity contribution is -0.143. The van der Waals surface area contributed by atoms with E-state index in [0.717, 1.165) is 5.56 Å². The van der Waals surface area contributed by atoms with Crippen LogP contribution < -0.4 is 32.7 Å². The SMILES string of the molecule is CC(C)C[C@H](NC(=O)[C@@H](CC(=O)O)CC(=O)CNC(=O)[C@H]1CCCN1C(=S)Nc1ccc(CN2CCN(CC(=O)O)CCN(CC(=O)O)CCN(CC(=O)O)CC2)cc1)C(=O)C[C@H](CO)C(=O)N[C@@H](CCCN=C(N)N)C(=O)O. The molecule has 0 aliphatic carbocycles. The first-order valence-corrected chi connectivity index (χ1v) is 26.5. The van der Waals surface area contributed by atoms with E-state index in [2.05, 4.69) is 31.2 Å². The number of nitrogens with two attached hydrogens (primary N) is 2. The lowest BCUT2D eigenvalue weighted by atomic mass is 9.91. The van der Waals surface area contributed by atoms with Gasteiger partial charge in [-0.25, -0.2) is 4.79 Å². The number of carboxylic acids is 5. The third-order valence-corrected chi connectivity index (χ3v) is 13.5. The minimum absolute atomic E-state index is 0.0339. The maximum absolute atomic E-state index is 13.6. The van der Waals surface area contributed by atoms with Gasteiger partial charge >= 0.3 is 29.8 Å². The second-order valence-electron chi connectivity index (χ2n) is 20.1. The molecule has 1 aromatic rings. The smallest absolute Gasteiger partial charge is 0.326 e. The Hall–Kier alpha value is -6.92. The summed E-state index contributed by atoms with van der Waals surface area (Å²) in [5.41, 5.74) is 12.1. The number of aliphatic imine (C=N–C) groups is 1. The Morgan fingerprint density at radius 3 is 1.68 bits per heavy atom. The number of Topliss-reactive ketones (excluding diaryl/α,β-unsaturated/α-hetero) is 2. The van der Waals surface area contributed by atoms with E-state index in [4.69, 9.17) is 23.7 Å². The standard InChI is InChI=1S/C50H78N12O16S/c1-31(2)21-38(40(65)23-34(30-63)46(75)56-37(48(77)78)5-3-11-53-49(51)52)57-45(74)33(24-41(66)67)22-36(64)25-54-47(76)39-6-4-12-62(39)50(79)55-35-9-7-32(8-10-35)26-58-13-15-59(27-42(68)69)17-19-61(29-44(72)73)20-18-60(16-14-58)28-43(70)71/h7-10,31,33-34,37-39,63H,3-6,11-30H2,1-2H3,(H,54,76)(H,55,79)(H,56,75)(H,57,74)(H,66,67)(H,68,69)(H,70,71)(H,72,73)(H,77,78)(H4,51,52,53)/t33-,34-,37+,38+,39-/m1/s1. The number of likely N-dealkylation sites (tertiary alicyclic amines) is 1. The van der Waals surface area contributed by atoms with Crippen molar-refractivity contribution in [3.05, 3.63) is 29.8 Å². The first-order valence-electron chi connectivity index (χ1n) is 26.1. The fourth-order valence-electron chi connectivity index (χ4n) is 9.04. The largest absolute Gasteiger partial charge is 0.481 e. The molecule has 0 bridgehead atoms. The van der Waals surface area contributed by atoms with Crippen LogP contribution in [0.5, 0.6) is 0 Å². The highest BCUT2D eigenvalue weighted by atomic mass is 32.1. The zero-order valence-corrected chi connectivity index (χ0v) is 45.6. The summed E-state index contributed by atoms with van der Waals surface area (Å²) in [6.45, 7) is 5.00.